The highest BCUT2D eigenvalue weighted by Crippen LogP contribution is 2.37. The van der Waals surface area contributed by atoms with Gasteiger partial charge >= 0.3 is 7.82 Å². The number of phosphoric ester groups is 1. The van der Waals surface area contributed by atoms with Crippen LogP contribution in [0.15, 0.2) is 54.7 Å². The van der Waals surface area contributed by atoms with Crippen LogP contribution >= 0.6 is 7.82 Å². The third-order valence-electron chi connectivity index (χ3n) is 8.41. The molecule has 0 spiro atoms. The van der Waals surface area contributed by atoms with Crippen LogP contribution in [-0.2, 0) is 41.4 Å². The summed E-state index contributed by atoms with van der Waals surface area (Å²) in [4.78, 5) is 86.0. The zero-order valence-electron chi connectivity index (χ0n) is 27.2. The maximum absolute atomic E-state index is 13.9. The summed E-state index contributed by atoms with van der Waals surface area (Å²) in [6.45, 7) is 1.53. The molecule has 1 aliphatic carbocycles. The van der Waals surface area contributed by atoms with E-state index in [-0.39, 0.29) is 31.6 Å². The van der Waals surface area contributed by atoms with Crippen LogP contribution in [0.3, 0.4) is 0 Å². The predicted molar refractivity (Wildman–Crippen MR) is 180 cm³/mol. The molecule has 264 valence electrons. The largest absolute Gasteiger partial charge is 0.524 e. The van der Waals surface area contributed by atoms with Crippen molar-refractivity contribution in [2.24, 2.45) is 5.73 Å². The van der Waals surface area contributed by atoms with Gasteiger partial charge in [-0.15, -0.1) is 0 Å². The summed E-state index contributed by atoms with van der Waals surface area (Å²) >= 11 is 0. The second-order valence-electron chi connectivity index (χ2n) is 12.3. The van der Waals surface area contributed by atoms with Crippen LogP contribution in [-0.4, -0.2) is 68.5 Å². The van der Waals surface area contributed by atoms with Gasteiger partial charge in [-0.2, -0.15) is 0 Å². The molecule has 15 nitrogen and oxygen atoms in total. The zero-order valence-corrected chi connectivity index (χ0v) is 28.1. The van der Waals surface area contributed by atoms with Crippen molar-refractivity contribution in [1.82, 2.24) is 26.3 Å². The van der Waals surface area contributed by atoms with Crippen LogP contribution in [0.4, 0.5) is 0 Å². The molecule has 4 rings (SSSR count). The average molecular weight is 699 g/mol. The Morgan fingerprint density at radius 2 is 1.65 bits per heavy atom. The molecule has 1 fully saturated rings. The molecule has 1 heterocycles. The molecule has 1 saturated carbocycles. The van der Waals surface area contributed by atoms with Crippen molar-refractivity contribution in [2.75, 3.05) is 6.54 Å². The van der Waals surface area contributed by atoms with Crippen molar-refractivity contribution in [3.63, 3.8) is 0 Å². The Hall–Kier alpha value is -4.72. The monoisotopic (exact) mass is 698 g/mol. The standard InChI is InChI=1S/C33H43N6O9P/c1-21(40)37-27(18-22-11-13-24(14-12-22)48-49(45,46)47)31(43)39-33(15-5-2-6-16-33)32(44)38-28(19-29(34)41)30(42)35-17-7-8-23-20-36-26-10-4-3-9-25(23)26/h3-4,9-14,20,27-28,36H,2,5-8,15-19H2,1H3,(H2,34,41)(H,35,42)(H,37,40)(H,38,44)(H,39,43)(H2,45,46,47)/t27-,28-/m0/s1. The third kappa shape index (κ3) is 10.9. The predicted octanol–water partition coefficient (Wildman–Crippen LogP) is 1.61. The van der Waals surface area contributed by atoms with Crippen molar-refractivity contribution in [1.29, 1.82) is 0 Å². The number of aryl methyl sites for hydroxylation is 1. The summed E-state index contributed by atoms with van der Waals surface area (Å²) in [5.74, 6) is -3.22. The van der Waals surface area contributed by atoms with Gasteiger partial charge in [0.25, 0.3) is 0 Å². The van der Waals surface area contributed by atoms with Crippen molar-refractivity contribution >= 4 is 48.3 Å². The van der Waals surface area contributed by atoms with Crippen LogP contribution in [0.25, 0.3) is 10.9 Å². The number of benzene rings is 2. The minimum absolute atomic E-state index is 0.00937. The minimum Gasteiger partial charge on any atom is -0.404 e. The average Bonchev–Trinajstić information content (AvgIpc) is 3.45. The van der Waals surface area contributed by atoms with E-state index in [1.54, 1.807) is 0 Å². The Morgan fingerprint density at radius 1 is 0.959 bits per heavy atom. The van der Waals surface area contributed by atoms with Gasteiger partial charge in [0, 0.05) is 37.0 Å². The Balaban J connectivity index is 1.42. The second-order valence-corrected chi connectivity index (χ2v) is 13.4. The summed E-state index contributed by atoms with van der Waals surface area (Å²) in [5.41, 5.74) is 6.68. The minimum atomic E-state index is -4.76. The first kappa shape index (κ1) is 37.1. The number of amides is 5. The molecule has 0 aliphatic heterocycles. The molecule has 1 aromatic heterocycles. The second kappa shape index (κ2) is 16.6. The summed E-state index contributed by atoms with van der Waals surface area (Å²) in [6, 6.07) is 11.1. The van der Waals surface area contributed by atoms with Crippen molar-refractivity contribution in [3.8, 4) is 5.75 Å². The first-order chi connectivity index (χ1) is 23.2. The van der Waals surface area contributed by atoms with Gasteiger partial charge in [-0.3, -0.25) is 33.8 Å². The Bertz CT molecular complexity index is 1700. The molecule has 3 aromatic rings. The number of nitrogens with two attached hydrogens (primary N) is 1. The summed E-state index contributed by atoms with van der Waals surface area (Å²) < 4.78 is 15.7. The number of phosphoric acid groups is 1. The molecule has 0 saturated heterocycles. The van der Waals surface area contributed by atoms with Crippen LogP contribution in [0, 0.1) is 0 Å². The highest BCUT2D eigenvalue weighted by atomic mass is 31.2. The highest BCUT2D eigenvalue weighted by Gasteiger charge is 2.43. The van der Waals surface area contributed by atoms with E-state index in [1.165, 1.54) is 31.2 Å². The molecule has 0 radical (unpaired) electrons. The van der Waals surface area contributed by atoms with Gasteiger partial charge in [-0.25, -0.2) is 4.57 Å². The molecule has 1 aliphatic rings. The molecular formula is C33H43N6O9P. The maximum atomic E-state index is 13.9. The summed E-state index contributed by atoms with van der Waals surface area (Å²) in [7, 11) is -4.76. The maximum Gasteiger partial charge on any atom is 0.524 e. The van der Waals surface area contributed by atoms with E-state index in [2.05, 4.69) is 30.8 Å². The first-order valence-corrected chi connectivity index (χ1v) is 17.6. The molecule has 2 aromatic carbocycles. The van der Waals surface area contributed by atoms with Gasteiger partial charge < -0.3 is 36.5 Å². The lowest BCUT2D eigenvalue weighted by Crippen LogP contribution is -2.65. The van der Waals surface area contributed by atoms with E-state index in [0.29, 0.717) is 31.2 Å². The number of aromatic nitrogens is 1. The molecular weight excluding hydrogens is 655 g/mol. The van der Waals surface area contributed by atoms with Gasteiger partial charge in [0.2, 0.25) is 29.5 Å². The zero-order chi connectivity index (χ0) is 35.6. The number of rotatable bonds is 16. The lowest BCUT2D eigenvalue weighted by atomic mass is 9.80. The fraction of sp³-hybridized carbons (Fsp3) is 0.424. The summed E-state index contributed by atoms with van der Waals surface area (Å²) in [5, 5.41) is 12.0. The Labute approximate surface area is 283 Å². The van der Waals surface area contributed by atoms with E-state index in [9.17, 15) is 28.5 Å². The fourth-order valence-electron chi connectivity index (χ4n) is 6.06. The van der Waals surface area contributed by atoms with Crippen molar-refractivity contribution in [3.05, 3.63) is 65.9 Å². The normalized spacial score (nSPS) is 15.4. The summed E-state index contributed by atoms with van der Waals surface area (Å²) in [6.07, 6.45) is 5.35. The number of nitrogens with one attached hydrogen (secondary N) is 5. The van der Waals surface area contributed by atoms with Crippen LogP contribution in [0.1, 0.15) is 63.0 Å². The molecule has 5 amide bonds. The molecule has 2 atom stereocenters. The topological polar surface area (TPSA) is 242 Å². The number of H-pyrrole nitrogens is 1. The van der Waals surface area contributed by atoms with Crippen LogP contribution in [0.2, 0.25) is 0 Å². The molecule has 49 heavy (non-hydrogen) atoms. The smallest absolute Gasteiger partial charge is 0.404 e. The van der Waals surface area contributed by atoms with Crippen molar-refractivity contribution < 1.29 is 42.8 Å². The van der Waals surface area contributed by atoms with E-state index in [0.717, 1.165) is 22.9 Å². The van der Waals surface area contributed by atoms with Crippen molar-refractivity contribution in [2.45, 2.75) is 82.3 Å². The lowest BCUT2D eigenvalue weighted by Gasteiger charge is -2.38. The van der Waals surface area contributed by atoms with E-state index in [1.807, 2.05) is 30.5 Å². The Kier molecular flexibility index (Phi) is 12.6. The number of carbonyl (C=O) groups excluding carboxylic acids is 5. The van der Waals surface area contributed by atoms with E-state index >= 15 is 0 Å². The first-order valence-electron chi connectivity index (χ1n) is 16.1. The number of fused-ring (bicyclic) bond motifs is 1. The van der Waals surface area contributed by atoms with Crippen LogP contribution in [0.5, 0.6) is 5.75 Å². The Morgan fingerprint density at radius 3 is 2.31 bits per heavy atom. The van der Waals surface area contributed by atoms with Gasteiger partial charge in [0.15, 0.2) is 0 Å². The number of hydrogen-bond donors (Lipinski definition) is 8. The SMILES string of the molecule is CC(=O)N[C@@H](Cc1ccc(OP(=O)(O)O)cc1)C(=O)NC1(C(=O)N[C@@H](CC(N)=O)C(=O)NCCCc2c[nH]c3ccccc23)CCCCC1. The molecule has 0 bridgehead atoms. The van der Waals surface area contributed by atoms with Gasteiger partial charge in [0.05, 0.1) is 6.42 Å². The highest BCUT2D eigenvalue weighted by molar-refractivity contribution is 7.46. The van der Waals surface area contributed by atoms with E-state index < -0.39 is 61.4 Å². The van der Waals surface area contributed by atoms with Gasteiger partial charge in [-0.1, -0.05) is 49.6 Å². The fourth-order valence-corrected chi connectivity index (χ4v) is 6.46. The lowest BCUT2D eigenvalue weighted by molar-refractivity contribution is -0.139. The number of hydrogen-bond acceptors (Lipinski definition) is 7. The number of primary amides is 1. The third-order valence-corrected chi connectivity index (χ3v) is 8.86. The van der Waals surface area contributed by atoms with Gasteiger partial charge in [-0.05, 0) is 55.0 Å². The quantitative estimate of drug-likeness (QED) is 0.0799. The van der Waals surface area contributed by atoms with E-state index in [4.69, 9.17) is 15.5 Å². The number of carbonyl (C=O) groups is 5. The molecule has 0 unspecified atom stereocenters. The molecule has 9 N–H and O–H groups in total. The molecule has 16 heteroatoms. The van der Waals surface area contributed by atoms with Gasteiger partial charge in [0.1, 0.15) is 23.4 Å². The van der Waals surface area contributed by atoms with Crippen LogP contribution < -0.4 is 31.5 Å². The number of aromatic amines is 1. The number of para-hydroxylation sites is 1.